The van der Waals surface area contributed by atoms with Crippen LogP contribution in [-0.4, -0.2) is 16.7 Å². The van der Waals surface area contributed by atoms with Crippen molar-refractivity contribution >= 4 is 11.7 Å². The smallest absolute Gasteiger partial charge is 0.348 e. The lowest BCUT2D eigenvalue weighted by Crippen LogP contribution is -2.23. The van der Waals surface area contributed by atoms with Gasteiger partial charge in [0.1, 0.15) is 11.6 Å². The fourth-order valence-corrected chi connectivity index (χ4v) is 2.24. The van der Waals surface area contributed by atoms with Gasteiger partial charge in [0.05, 0.1) is 5.56 Å². The number of nitrogens with zero attached hydrogens (tertiary/aromatic N) is 1. The number of rotatable bonds is 6. The van der Waals surface area contributed by atoms with Crippen LogP contribution in [0, 0.1) is 5.82 Å². The number of nitrogens with one attached hydrogen (secondary N) is 1. The van der Waals surface area contributed by atoms with E-state index in [0.29, 0.717) is 18.2 Å². The number of amides is 1. The van der Waals surface area contributed by atoms with Gasteiger partial charge in [0.25, 0.3) is 5.91 Å². The lowest BCUT2D eigenvalue weighted by atomic mass is 10.1. The zero-order chi connectivity index (χ0) is 19.3. The Morgan fingerprint density at radius 1 is 1.15 bits per heavy atom. The predicted octanol–water partition coefficient (Wildman–Crippen LogP) is 3.69. The highest BCUT2D eigenvalue weighted by Gasteiger charge is 2.31. The molecule has 2 aromatic rings. The van der Waals surface area contributed by atoms with E-state index in [1.807, 2.05) is 0 Å². The molecule has 0 aliphatic heterocycles. The van der Waals surface area contributed by atoms with Gasteiger partial charge in [-0.2, -0.15) is 13.2 Å². The van der Waals surface area contributed by atoms with Crippen molar-refractivity contribution in [2.45, 2.75) is 32.5 Å². The molecule has 0 fully saturated rings. The summed E-state index contributed by atoms with van der Waals surface area (Å²) in [7, 11) is 0. The summed E-state index contributed by atoms with van der Waals surface area (Å²) in [6, 6.07) is 4.96. The Hall–Kier alpha value is -2.77. The average Bonchev–Trinajstić information content (AvgIpc) is 2.58. The Bertz CT molecular complexity index is 819. The van der Waals surface area contributed by atoms with E-state index in [0.717, 1.165) is 12.1 Å². The molecule has 1 aromatic heterocycles. The maximum Gasteiger partial charge on any atom is 0.416 e. The summed E-state index contributed by atoms with van der Waals surface area (Å²) in [6.45, 7) is 1.44. The lowest BCUT2D eigenvalue weighted by molar-refractivity contribution is -0.137. The molecule has 0 unspecified atom stereocenters. The van der Waals surface area contributed by atoms with Crippen LogP contribution in [0.1, 0.15) is 40.5 Å². The van der Waals surface area contributed by atoms with Gasteiger partial charge in [0.15, 0.2) is 0 Å². The molecule has 2 rings (SSSR count). The van der Waals surface area contributed by atoms with Gasteiger partial charge in [-0.05, 0) is 35.9 Å². The Morgan fingerprint density at radius 3 is 2.54 bits per heavy atom. The molecule has 0 bridgehead atoms. The van der Waals surface area contributed by atoms with Crippen molar-refractivity contribution in [2.75, 3.05) is 0 Å². The third kappa shape index (κ3) is 5.37. The Balaban J connectivity index is 2.08. The third-order valence-electron chi connectivity index (χ3n) is 3.59. The molecule has 0 saturated carbocycles. The first-order chi connectivity index (χ1) is 12.2. The fourth-order valence-electron chi connectivity index (χ4n) is 2.24. The van der Waals surface area contributed by atoms with Crippen LogP contribution in [0.4, 0.5) is 17.6 Å². The van der Waals surface area contributed by atoms with E-state index in [9.17, 15) is 27.2 Å². The summed E-state index contributed by atoms with van der Waals surface area (Å²) in [5, 5.41) is 2.43. The third-order valence-corrected chi connectivity index (χ3v) is 3.59. The average molecular weight is 368 g/mol. The first-order valence-electron chi connectivity index (χ1n) is 7.80. The highest BCUT2D eigenvalue weighted by atomic mass is 19.4. The van der Waals surface area contributed by atoms with Crippen molar-refractivity contribution in [1.29, 1.82) is 0 Å². The predicted molar refractivity (Wildman–Crippen MR) is 85.8 cm³/mol. The minimum atomic E-state index is -4.67. The van der Waals surface area contributed by atoms with E-state index >= 15 is 0 Å². The van der Waals surface area contributed by atoms with Crippen LogP contribution in [0.5, 0.6) is 0 Å². The van der Waals surface area contributed by atoms with Crippen LogP contribution in [0.3, 0.4) is 0 Å². The number of hydrogen-bond acceptors (Lipinski definition) is 3. The number of ketones is 1. The molecular weight excluding hydrogens is 352 g/mol. The van der Waals surface area contributed by atoms with Crippen LogP contribution in [-0.2, 0) is 23.9 Å². The molecular formula is C18H16F4N2O2. The summed E-state index contributed by atoms with van der Waals surface area (Å²) in [4.78, 5) is 27.6. The molecule has 26 heavy (non-hydrogen) atoms. The summed E-state index contributed by atoms with van der Waals surface area (Å²) >= 11 is 0. The van der Waals surface area contributed by atoms with Crippen LogP contribution < -0.4 is 5.32 Å². The van der Waals surface area contributed by atoms with Gasteiger partial charge in [-0.3, -0.25) is 14.6 Å². The van der Waals surface area contributed by atoms with E-state index in [-0.39, 0.29) is 29.9 Å². The molecule has 1 N–H and O–H groups in total. The first-order valence-corrected chi connectivity index (χ1v) is 7.80. The Kier molecular flexibility index (Phi) is 6.07. The van der Waals surface area contributed by atoms with Gasteiger partial charge >= 0.3 is 6.18 Å². The van der Waals surface area contributed by atoms with Crippen molar-refractivity contribution in [3.63, 3.8) is 0 Å². The molecule has 0 saturated heterocycles. The van der Waals surface area contributed by atoms with E-state index in [1.54, 1.807) is 6.92 Å². The molecule has 138 valence electrons. The van der Waals surface area contributed by atoms with Gasteiger partial charge in [0, 0.05) is 36.8 Å². The molecule has 0 radical (unpaired) electrons. The standard InChI is InChI=1S/C18H16F4N2O2/c1-2-16(25)9-15-7-12(3-4-23-15)17(26)24-10-11-5-13(18(20,21)22)8-14(19)6-11/h3-8H,2,9-10H2,1H3,(H,24,26). The van der Waals surface area contributed by atoms with Crippen molar-refractivity contribution in [3.05, 3.63) is 64.7 Å². The maximum atomic E-state index is 13.4. The maximum absolute atomic E-state index is 13.4. The molecule has 1 amide bonds. The number of carbonyl (C=O) groups excluding carboxylic acids is 2. The van der Waals surface area contributed by atoms with Crippen molar-refractivity contribution < 1.29 is 27.2 Å². The minimum absolute atomic E-state index is 0.0129. The van der Waals surface area contributed by atoms with Crippen LogP contribution in [0.2, 0.25) is 0 Å². The zero-order valence-corrected chi connectivity index (χ0v) is 13.9. The second-order valence-electron chi connectivity index (χ2n) is 5.63. The van der Waals surface area contributed by atoms with Crippen molar-refractivity contribution in [1.82, 2.24) is 10.3 Å². The number of alkyl halides is 3. The zero-order valence-electron chi connectivity index (χ0n) is 13.9. The molecule has 0 spiro atoms. The molecule has 0 aliphatic carbocycles. The monoisotopic (exact) mass is 368 g/mol. The SMILES string of the molecule is CCC(=O)Cc1cc(C(=O)NCc2cc(F)cc(C(F)(F)F)c2)ccn1. The van der Waals surface area contributed by atoms with Crippen LogP contribution in [0.25, 0.3) is 0 Å². The molecule has 1 heterocycles. The quantitative estimate of drug-likeness (QED) is 0.791. The van der Waals surface area contributed by atoms with E-state index in [2.05, 4.69) is 10.3 Å². The van der Waals surface area contributed by atoms with E-state index in [1.165, 1.54) is 18.3 Å². The molecule has 0 aliphatic rings. The number of hydrogen-bond donors (Lipinski definition) is 1. The second-order valence-corrected chi connectivity index (χ2v) is 5.63. The molecule has 4 nitrogen and oxygen atoms in total. The minimum Gasteiger partial charge on any atom is -0.348 e. The van der Waals surface area contributed by atoms with Crippen LogP contribution >= 0.6 is 0 Å². The van der Waals surface area contributed by atoms with Crippen molar-refractivity contribution in [3.8, 4) is 0 Å². The normalized spacial score (nSPS) is 11.3. The van der Waals surface area contributed by atoms with E-state index < -0.39 is 23.5 Å². The Morgan fingerprint density at radius 2 is 1.88 bits per heavy atom. The number of pyridine rings is 1. The number of carbonyl (C=O) groups is 2. The molecule has 8 heteroatoms. The highest BCUT2D eigenvalue weighted by molar-refractivity contribution is 5.94. The fraction of sp³-hybridized carbons (Fsp3) is 0.278. The second kappa shape index (κ2) is 8.07. The van der Waals surface area contributed by atoms with Gasteiger partial charge in [-0.15, -0.1) is 0 Å². The highest BCUT2D eigenvalue weighted by Crippen LogP contribution is 2.30. The van der Waals surface area contributed by atoms with Crippen LogP contribution in [0.15, 0.2) is 36.5 Å². The topological polar surface area (TPSA) is 59.1 Å². The number of benzene rings is 1. The summed E-state index contributed by atoms with van der Waals surface area (Å²) < 4.78 is 51.5. The van der Waals surface area contributed by atoms with Gasteiger partial charge in [0.2, 0.25) is 0 Å². The van der Waals surface area contributed by atoms with Gasteiger partial charge in [-0.1, -0.05) is 6.92 Å². The molecule has 0 atom stereocenters. The van der Waals surface area contributed by atoms with Gasteiger partial charge < -0.3 is 5.32 Å². The lowest BCUT2D eigenvalue weighted by Gasteiger charge is -2.10. The summed E-state index contributed by atoms with van der Waals surface area (Å²) in [6.07, 6.45) is -2.86. The molecule has 1 aromatic carbocycles. The van der Waals surface area contributed by atoms with Crippen molar-refractivity contribution in [2.24, 2.45) is 0 Å². The number of halogens is 4. The summed E-state index contributed by atoms with van der Waals surface area (Å²) in [5.74, 6) is -1.63. The number of aromatic nitrogens is 1. The number of Topliss-reactive ketones (excluding diaryl/α,β-unsaturated/α-hetero) is 1. The first kappa shape index (κ1) is 19.6. The van der Waals surface area contributed by atoms with E-state index in [4.69, 9.17) is 0 Å². The Labute approximate surface area is 147 Å². The largest absolute Gasteiger partial charge is 0.416 e. The summed E-state index contributed by atoms with van der Waals surface area (Å²) in [5.41, 5.74) is -0.492. The van der Waals surface area contributed by atoms with Gasteiger partial charge in [-0.25, -0.2) is 4.39 Å².